The lowest BCUT2D eigenvalue weighted by atomic mass is 9.84. The minimum Gasteiger partial charge on any atom is -0.326 e. The maximum absolute atomic E-state index is 12.8. The second-order valence-electron chi connectivity index (χ2n) is 7.76. The van der Waals surface area contributed by atoms with Gasteiger partial charge in [0.1, 0.15) is 0 Å². The summed E-state index contributed by atoms with van der Waals surface area (Å²) in [7, 11) is 0. The molecule has 2 amide bonds. The van der Waals surface area contributed by atoms with Gasteiger partial charge >= 0.3 is 0 Å². The number of fused-ring (bicyclic) bond motifs is 1. The summed E-state index contributed by atoms with van der Waals surface area (Å²) in [4.78, 5) is 26.2. The van der Waals surface area contributed by atoms with Crippen molar-refractivity contribution in [2.24, 2.45) is 5.92 Å². The van der Waals surface area contributed by atoms with Gasteiger partial charge in [-0.2, -0.15) is 0 Å². The summed E-state index contributed by atoms with van der Waals surface area (Å²) in [5.74, 6) is -0.0207. The highest BCUT2D eigenvalue weighted by Gasteiger charge is 2.35. The van der Waals surface area contributed by atoms with Crippen LogP contribution in [0.2, 0.25) is 0 Å². The first-order valence-electron chi connectivity index (χ1n) is 10.1. The van der Waals surface area contributed by atoms with Crippen LogP contribution in [0.15, 0.2) is 53.4 Å². The van der Waals surface area contributed by atoms with Gasteiger partial charge in [-0.15, -0.1) is 11.8 Å². The molecule has 2 aromatic rings. The Labute approximate surface area is 170 Å². The fourth-order valence-electron chi connectivity index (χ4n) is 4.06. The number of hydrogen-bond donors (Lipinski definition) is 2. The van der Waals surface area contributed by atoms with Crippen LogP contribution in [0.1, 0.15) is 50.5 Å². The zero-order valence-corrected chi connectivity index (χ0v) is 16.9. The molecule has 0 radical (unpaired) electrons. The highest BCUT2D eigenvalue weighted by molar-refractivity contribution is 8.01. The molecule has 28 heavy (non-hydrogen) atoms. The highest BCUT2D eigenvalue weighted by atomic mass is 32.2. The van der Waals surface area contributed by atoms with E-state index < -0.39 is 11.2 Å². The summed E-state index contributed by atoms with van der Waals surface area (Å²) in [6, 6.07) is 15.9. The maximum atomic E-state index is 12.8. The Bertz CT molecular complexity index is 859. The maximum Gasteiger partial charge on any atom is 0.238 e. The molecule has 2 N–H and O–H groups in total. The Morgan fingerprint density at radius 1 is 1.07 bits per heavy atom. The third-order valence-electron chi connectivity index (χ3n) is 5.78. The number of carbonyl (C=O) groups is 2. The highest BCUT2D eigenvalue weighted by Crippen LogP contribution is 2.38. The Morgan fingerprint density at radius 2 is 1.79 bits per heavy atom. The molecule has 146 valence electrons. The Hall–Kier alpha value is -2.27. The summed E-state index contributed by atoms with van der Waals surface area (Å²) >= 11 is 1.46. The molecule has 4 rings (SSSR count). The molecule has 2 aromatic carbocycles. The van der Waals surface area contributed by atoms with Gasteiger partial charge in [0.25, 0.3) is 0 Å². The van der Waals surface area contributed by atoms with Crippen LogP contribution in [0, 0.1) is 5.92 Å². The number of nitrogens with one attached hydrogen (secondary N) is 2. The Balaban J connectivity index is 1.40. The number of rotatable bonds is 4. The van der Waals surface area contributed by atoms with Crippen LogP contribution in [0.4, 0.5) is 11.4 Å². The predicted molar refractivity (Wildman–Crippen MR) is 115 cm³/mol. The lowest BCUT2D eigenvalue weighted by Crippen LogP contribution is -2.39. The van der Waals surface area contributed by atoms with E-state index in [2.05, 4.69) is 22.8 Å². The average molecular weight is 395 g/mol. The van der Waals surface area contributed by atoms with Gasteiger partial charge in [-0.1, -0.05) is 50.5 Å². The smallest absolute Gasteiger partial charge is 0.238 e. The number of carbonyl (C=O) groups excluding carboxylic acids is 2. The van der Waals surface area contributed by atoms with Gasteiger partial charge in [-0.25, -0.2) is 0 Å². The van der Waals surface area contributed by atoms with E-state index in [1.807, 2.05) is 43.3 Å². The van der Waals surface area contributed by atoms with E-state index in [4.69, 9.17) is 0 Å². The SMILES string of the molecule is CC(C(=O)Nc1ccc(C2CCCCC2)cc1)C1Sc2ccccc2NC1=O. The fraction of sp³-hybridized carbons (Fsp3) is 0.391. The molecule has 0 aromatic heterocycles. The van der Waals surface area contributed by atoms with Gasteiger partial charge in [-0.05, 0) is 48.6 Å². The number of anilines is 2. The molecule has 5 heteroatoms. The number of thioether (sulfide) groups is 1. The van der Waals surface area contributed by atoms with Crippen molar-refractivity contribution < 1.29 is 9.59 Å². The lowest BCUT2D eigenvalue weighted by molar-refractivity contribution is -0.123. The minimum absolute atomic E-state index is 0.112. The Kier molecular flexibility index (Phi) is 5.72. The molecule has 1 saturated carbocycles. The molecule has 2 unspecified atom stereocenters. The summed E-state index contributed by atoms with van der Waals surface area (Å²) in [5, 5.41) is 5.46. The van der Waals surface area contributed by atoms with Gasteiger partial charge in [0, 0.05) is 10.6 Å². The third-order valence-corrected chi connectivity index (χ3v) is 7.27. The van der Waals surface area contributed by atoms with Crippen molar-refractivity contribution in [1.29, 1.82) is 0 Å². The number of hydrogen-bond acceptors (Lipinski definition) is 3. The minimum atomic E-state index is -0.434. The Morgan fingerprint density at radius 3 is 2.54 bits per heavy atom. The second-order valence-corrected chi connectivity index (χ2v) is 8.94. The van der Waals surface area contributed by atoms with Crippen molar-refractivity contribution in [2.45, 2.75) is 55.1 Å². The first-order chi connectivity index (χ1) is 13.6. The second kappa shape index (κ2) is 8.39. The molecule has 4 nitrogen and oxygen atoms in total. The van der Waals surface area contributed by atoms with E-state index in [0.29, 0.717) is 5.92 Å². The van der Waals surface area contributed by atoms with E-state index in [1.165, 1.54) is 49.4 Å². The van der Waals surface area contributed by atoms with Crippen molar-refractivity contribution in [3.8, 4) is 0 Å². The van der Waals surface area contributed by atoms with Gasteiger partial charge < -0.3 is 10.6 Å². The molecule has 1 aliphatic carbocycles. The van der Waals surface area contributed by atoms with Gasteiger partial charge in [-0.3, -0.25) is 9.59 Å². The summed E-state index contributed by atoms with van der Waals surface area (Å²) in [6.07, 6.45) is 6.49. The molecule has 0 bridgehead atoms. The topological polar surface area (TPSA) is 58.2 Å². The first kappa shape index (κ1) is 19.1. The lowest BCUT2D eigenvalue weighted by Gasteiger charge is -2.27. The van der Waals surface area contributed by atoms with Gasteiger partial charge in [0.2, 0.25) is 11.8 Å². The van der Waals surface area contributed by atoms with E-state index in [-0.39, 0.29) is 11.8 Å². The number of benzene rings is 2. The molecule has 1 fully saturated rings. The zero-order chi connectivity index (χ0) is 19.5. The molecule has 2 aliphatic rings. The molecule has 1 aliphatic heterocycles. The van der Waals surface area contributed by atoms with Crippen molar-refractivity contribution in [3.05, 3.63) is 54.1 Å². The normalized spacial score (nSPS) is 20.8. The zero-order valence-electron chi connectivity index (χ0n) is 16.1. The molecule has 2 atom stereocenters. The van der Waals surface area contributed by atoms with Crippen LogP contribution in [0.25, 0.3) is 0 Å². The van der Waals surface area contributed by atoms with E-state index in [9.17, 15) is 9.59 Å². The van der Waals surface area contributed by atoms with Crippen LogP contribution in [-0.4, -0.2) is 17.1 Å². The molecular formula is C23H26N2O2S. The van der Waals surface area contributed by atoms with Crippen LogP contribution in [-0.2, 0) is 9.59 Å². The molecule has 0 spiro atoms. The molecule has 0 saturated heterocycles. The summed E-state index contributed by atoms with van der Waals surface area (Å²) < 4.78 is 0. The predicted octanol–water partition coefficient (Wildman–Crippen LogP) is 5.42. The summed E-state index contributed by atoms with van der Waals surface area (Å²) in [5.41, 5.74) is 2.97. The van der Waals surface area contributed by atoms with Crippen LogP contribution in [0.5, 0.6) is 0 Å². The van der Waals surface area contributed by atoms with Gasteiger partial charge in [0.15, 0.2) is 0 Å². The van der Waals surface area contributed by atoms with Gasteiger partial charge in [0.05, 0.1) is 16.9 Å². The van der Waals surface area contributed by atoms with E-state index in [0.717, 1.165) is 16.3 Å². The van der Waals surface area contributed by atoms with E-state index >= 15 is 0 Å². The monoisotopic (exact) mass is 394 g/mol. The standard InChI is InChI=1S/C23H26N2O2S/c1-15(21-23(27)25-19-9-5-6-10-20(19)28-21)22(26)24-18-13-11-17(12-14-18)16-7-3-2-4-8-16/h5-6,9-16,21H,2-4,7-8H2,1H3,(H,24,26)(H,25,27). The molecular weight excluding hydrogens is 368 g/mol. The molecule has 1 heterocycles. The van der Waals surface area contributed by atoms with E-state index in [1.54, 1.807) is 0 Å². The van der Waals surface area contributed by atoms with Crippen molar-refractivity contribution in [1.82, 2.24) is 0 Å². The van der Waals surface area contributed by atoms with Crippen LogP contribution in [0.3, 0.4) is 0 Å². The van der Waals surface area contributed by atoms with Crippen molar-refractivity contribution >= 4 is 35.0 Å². The third kappa shape index (κ3) is 4.09. The first-order valence-corrected chi connectivity index (χ1v) is 11.0. The van der Waals surface area contributed by atoms with Crippen molar-refractivity contribution in [3.63, 3.8) is 0 Å². The quantitative estimate of drug-likeness (QED) is 0.728. The summed E-state index contributed by atoms with van der Waals surface area (Å²) in [6.45, 7) is 1.82. The van der Waals surface area contributed by atoms with Crippen LogP contribution < -0.4 is 10.6 Å². The van der Waals surface area contributed by atoms with Crippen molar-refractivity contribution in [2.75, 3.05) is 10.6 Å². The largest absolute Gasteiger partial charge is 0.326 e. The number of para-hydroxylation sites is 1. The fourth-order valence-corrected chi connectivity index (χ4v) is 5.23. The number of amides is 2. The van der Waals surface area contributed by atoms with Crippen LogP contribution >= 0.6 is 11.8 Å². The average Bonchev–Trinajstić information content (AvgIpc) is 2.74.